The summed E-state index contributed by atoms with van der Waals surface area (Å²) in [6.07, 6.45) is 1.88. The molecule has 3 nitrogen and oxygen atoms in total. The van der Waals surface area contributed by atoms with E-state index in [0.29, 0.717) is 17.8 Å². The predicted octanol–water partition coefficient (Wildman–Crippen LogP) is 3.78. The Morgan fingerprint density at radius 2 is 1.82 bits per heavy atom. The van der Waals surface area contributed by atoms with Crippen LogP contribution in [0.4, 0.5) is 0 Å². The van der Waals surface area contributed by atoms with Gasteiger partial charge in [0.2, 0.25) is 5.78 Å². The van der Waals surface area contributed by atoms with Crippen molar-refractivity contribution >= 4 is 5.78 Å². The molecule has 0 saturated heterocycles. The maximum atomic E-state index is 12.6. The molecule has 0 aliphatic rings. The van der Waals surface area contributed by atoms with E-state index >= 15 is 0 Å². The molecule has 1 N–H and O–H groups in total. The molecular weight excluding hydrogens is 274 g/mol. The minimum absolute atomic E-state index is 0.00477. The molecule has 0 atom stereocenters. The van der Waals surface area contributed by atoms with Crippen molar-refractivity contribution in [1.29, 1.82) is 0 Å². The fraction of sp³-hybridized carbons (Fsp3) is 0.105. The van der Waals surface area contributed by atoms with Gasteiger partial charge in [-0.25, -0.2) is 0 Å². The number of carbonyl (C=O) groups excluding carboxylic acids is 1. The molecule has 2 aromatic carbocycles. The van der Waals surface area contributed by atoms with E-state index in [1.165, 1.54) is 0 Å². The molecular formula is C19H17NO2. The van der Waals surface area contributed by atoms with Gasteiger partial charge in [-0.05, 0) is 36.8 Å². The normalized spacial score (nSPS) is 10.6. The van der Waals surface area contributed by atoms with Gasteiger partial charge in [-0.15, -0.1) is 0 Å². The van der Waals surface area contributed by atoms with Crippen LogP contribution in [0, 0.1) is 6.92 Å². The number of benzene rings is 2. The van der Waals surface area contributed by atoms with Crippen LogP contribution in [0.3, 0.4) is 0 Å². The molecule has 1 heterocycles. The molecule has 0 fully saturated rings. The summed E-state index contributed by atoms with van der Waals surface area (Å²) in [5.74, 6) is 0.237. The predicted molar refractivity (Wildman–Crippen MR) is 86.3 cm³/mol. The zero-order valence-electron chi connectivity index (χ0n) is 12.4. The zero-order valence-corrected chi connectivity index (χ0v) is 12.4. The van der Waals surface area contributed by atoms with Crippen LogP contribution in [0.1, 0.15) is 27.2 Å². The van der Waals surface area contributed by atoms with Gasteiger partial charge in [-0.2, -0.15) is 0 Å². The van der Waals surface area contributed by atoms with Crippen molar-refractivity contribution in [2.45, 2.75) is 13.5 Å². The SMILES string of the molecule is Cc1ccc(C(=O)c2cccn2Cc2cccc(O)c2)cc1. The Labute approximate surface area is 129 Å². The molecule has 0 saturated carbocycles. The fourth-order valence-electron chi connectivity index (χ4n) is 2.46. The van der Waals surface area contributed by atoms with Gasteiger partial charge in [0.1, 0.15) is 5.75 Å². The van der Waals surface area contributed by atoms with Gasteiger partial charge in [0.15, 0.2) is 0 Å². The molecule has 3 aromatic rings. The van der Waals surface area contributed by atoms with Crippen LogP contribution in [-0.4, -0.2) is 15.5 Å². The van der Waals surface area contributed by atoms with E-state index in [1.807, 2.05) is 60.2 Å². The quantitative estimate of drug-likeness (QED) is 0.743. The van der Waals surface area contributed by atoms with Crippen LogP contribution in [-0.2, 0) is 6.54 Å². The topological polar surface area (TPSA) is 42.2 Å². The van der Waals surface area contributed by atoms with Gasteiger partial charge in [-0.3, -0.25) is 4.79 Å². The first kappa shape index (κ1) is 14.1. The first-order valence-electron chi connectivity index (χ1n) is 7.18. The summed E-state index contributed by atoms with van der Waals surface area (Å²) < 4.78 is 1.90. The number of aryl methyl sites for hydroxylation is 1. The second-order valence-corrected chi connectivity index (χ2v) is 5.39. The Kier molecular flexibility index (Phi) is 3.79. The van der Waals surface area contributed by atoms with Crippen LogP contribution >= 0.6 is 0 Å². The third-order valence-electron chi connectivity index (χ3n) is 3.64. The number of ketones is 1. The number of phenolic OH excluding ortho intramolecular Hbond substituents is 1. The number of hydrogen-bond acceptors (Lipinski definition) is 2. The minimum Gasteiger partial charge on any atom is -0.508 e. The van der Waals surface area contributed by atoms with E-state index in [9.17, 15) is 9.90 Å². The second-order valence-electron chi connectivity index (χ2n) is 5.39. The van der Waals surface area contributed by atoms with Crippen molar-refractivity contribution in [2.75, 3.05) is 0 Å². The van der Waals surface area contributed by atoms with Crippen molar-refractivity contribution in [1.82, 2.24) is 4.57 Å². The first-order chi connectivity index (χ1) is 10.6. The first-order valence-corrected chi connectivity index (χ1v) is 7.18. The molecule has 0 radical (unpaired) electrons. The van der Waals surface area contributed by atoms with E-state index in [2.05, 4.69) is 0 Å². The van der Waals surface area contributed by atoms with Gasteiger partial charge < -0.3 is 9.67 Å². The maximum Gasteiger partial charge on any atom is 0.209 e. The van der Waals surface area contributed by atoms with Crippen molar-refractivity contribution in [3.05, 3.63) is 89.2 Å². The lowest BCUT2D eigenvalue weighted by Gasteiger charge is -2.09. The van der Waals surface area contributed by atoms with Gasteiger partial charge in [0.25, 0.3) is 0 Å². The van der Waals surface area contributed by atoms with Crippen molar-refractivity contribution in [3.63, 3.8) is 0 Å². The number of hydrogen-bond donors (Lipinski definition) is 1. The Balaban J connectivity index is 1.88. The van der Waals surface area contributed by atoms with E-state index < -0.39 is 0 Å². The number of nitrogens with zero attached hydrogens (tertiary/aromatic N) is 1. The Hall–Kier alpha value is -2.81. The molecule has 110 valence electrons. The molecule has 3 rings (SSSR count). The number of phenols is 1. The van der Waals surface area contributed by atoms with Crippen molar-refractivity contribution in [2.24, 2.45) is 0 Å². The highest BCUT2D eigenvalue weighted by atomic mass is 16.3. The molecule has 3 heteroatoms. The summed E-state index contributed by atoms with van der Waals surface area (Å²) in [5, 5.41) is 9.55. The van der Waals surface area contributed by atoms with Crippen LogP contribution in [0.2, 0.25) is 0 Å². The second kappa shape index (κ2) is 5.90. The molecule has 0 amide bonds. The number of carbonyl (C=O) groups is 1. The average molecular weight is 291 g/mol. The van der Waals surface area contributed by atoms with Crippen LogP contribution in [0.5, 0.6) is 5.75 Å². The third kappa shape index (κ3) is 2.93. The van der Waals surface area contributed by atoms with E-state index in [0.717, 1.165) is 11.1 Å². The van der Waals surface area contributed by atoms with Crippen molar-refractivity contribution < 1.29 is 9.90 Å². The summed E-state index contributed by atoms with van der Waals surface area (Å²) in [7, 11) is 0. The van der Waals surface area contributed by atoms with Gasteiger partial charge in [-0.1, -0.05) is 42.0 Å². The summed E-state index contributed by atoms with van der Waals surface area (Å²) in [5.41, 5.74) is 3.41. The van der Waals surface area contributed by atoms with Gasteiger partial charge >= 0.3 is 0 Å². The Bertz CT molecular complexity index is 800. The smallest absolute Gasteiger partial charge is 0.209 e. The van der Waals surface area contributed by atoms with Crippen LogP contribution in [0.25, 0.3) is 0 Å². The molecule has 1 aromatic heterocycles. The average Bonchev–Trinajstić information content (AvgIpc) is 2.95. The van der Waals surface area contributed by atoms with Gasteiger partial charge in [0, 0.05) is 18.3 Å². The minimum atomic E-state index is 0.00477. The van der Waals surface area contributed by atoms with E-state index in [1.54, 1.807) is 18.2 Å². The van der Waals surface area contributed by atoms with Crippen molar-refractivity contribution in [3.8, 4) is 5.75 Å². The number of rotatable bonds is 4. The highest BCUT2D eigenvalue weighted by Crippen LogP contribution is 2.16. The van der Waals surface area contributed by atoms with E-state index in [-0.39, 0.29) is 11.5 Å². The molecule has 0 unspecified atom stereocenters. The maximum absolute atomic E-state index is 12.6. The molecule has 0 aliphatic heterocycles. The Morgan fingerprint density at radius 1 is 1.05 bits per heavy atom. The standard InChI is InChI=1S/C19H17NO2/c1-14-7-9-16(10-8-14)19(22)18-6-3-11-20(18)13-15-4-2-5-17(21)12-15/h2-12,21H,13H2,1H3. The summed E-state index contributed by atoms with van der Waals surface area (Å²) >= 11 is 0. The Morgan fingerprint density at radius 3 is 2.55 bits per heavy atom. The fourth-order valence-corrected chi connectivity index (χ4v) is 2.46. The molecule has 0 aliphatic carbocycles. The third-order valence-corrected chi connectivity index (χ3v) is 3.64. The highest BCUT2D eigenvalue weighted by Gasteiger charge is 2.13. The number of aromatic nitrogens is 1. The van der Waals surface area contributed by atoms with Crippen LogP contribution < -0.4 is 0 Å². The zero-order chi connectivity index (χ0) is 15.5. The molecule has 22 heavy (non-hydrogen) atoms. The monoisotopic (exact) mass is 291 g/mol. The molecule has 0 bridgehead atoms. The summed E-state index contributed by atoms with van der Waals surface area (Å²) in [4.78, 5) is 12.6. The molecule has 0 spiro atoms. The van der Waals surface area contributed by atoms with Gasteiger partial charge in [0.05, 0.1) is 5.69 Å². The summed E-state index contributed by atoms with van der Waals surface area (Å²) in [6, 6.07) is 18.3. The largest absolute Gasteiger partial charge is 0.508 e. The highest BCUT2D eigenvalue weighted by molar-refractivity contribution is 6.08. The van der Waals surface area contributed by atoms with E-state index in [4.69, 9.17) is 0 Å². The number of aromatic hydroxyl groups is 1. The lowest BCUT2D eigenvalue weighted by Crippen LogP contribution is -2.10. The van der Waals surface area contributed by atoms with Crippen LogP contribution in [0.15, 0.2) is 66.9 Å². The summed E-state index contributed by atoms with van der Waals surface area (Å²) in [6.45, 7) is 2.55. The lowest BCUT2D eigenvalue weighted by atomic mass is 10.1. The lowest BCUT2D eigenvalue weighted by molar-refractivity contribution is 0.103.